The number of nitrogens with one attached hydrogen (secondary N) is 1. The molecule has 1 aromatic heterocycles. The molecule has 0 saturated carbocycles. The third-order valence-corrected chi connectivity index (χ3v) is 4.54. The largest absolute Gasteiger partial charge is 0.337 e. The van der Waals surface area contributed by atoms with Gasteiger partial charge in [0, 0.05) is 19.6 Å². The van der Waals surface area contributed by atoms with Gasteiger partial charge in [-0.25, -0.2) is 9.07 Å². The third-order valence-electron chi connectivity index (χ3n) is 4.19. The van der Waals surface area contributed by atoms with Crippen molar-refractivity contribution in [2.45, 2.75) is 19.4 Å². The first-order valence-electron chi connectivity index (χ1n) is 7.48. The Morgan fingerprint density at radius 1 is 1.43 bits per heavy atom. The Bertz CT molecular complexity index is 722. The number of halogens is 2. The Labute approximate surface area is 139 Å². The normalized spacial score (nSPS) is 17.5. The van der Waals surface area contributed by atoms with Crippen LogP contribution in [0.1, 0.15) is 22.5 Å². The lowest BCUT2D eigenvalue weighted by Crippen LogP contribution is -2.38. The number of nitrogens with zero attached hydrogens (tertiary/aromatic N) is 3. The van der Waals surface area contributed by atoms with Gasteiger partial charge in [-0.05, 0) is 44.2 Å². The highest BCUT2D eigenvalue weighted by atomic mass is 35.5. The minimum absolute atomic E-state index is 0.144. The topological polar surface area (TPSA) is 50.2 Å². The van der Waals surface area contributed by atoms with Crippen LogP contribution in [-0.4, -0.2) is 46.8 Å². The van der Waals surface area contributed by atoms with Crippen LogP contribution in [0.3, 0.4) is 0 Å². The molecule has 0 aliphatic carbocycles. The van der Waals surface area contributed by atoms with Crippen LogP contribution in [0.25, 0.3) is 5.69 Å². The first-order chi connectivity index (χ1) is 11.0. The Hall–Kier alpha value is -1.92. The molecule has 23 heavy (non-hydrogen) atoms. The Balaban J connectivity index is 1.94. The van der Waals surface area contributed by atoms with Gasteiger partial charge in [-0.1, -0.05) is 11.6 Å². The van der Waals surface area contributed by atoms with Gasteiger partial charge >= 0.3 is 0 Å². The molecule has 0 spiro atoms. The number of benzene rings is 1. The molecule has 7 heteroatoms. The zero-order valence-corrected chi connectivity index (χ0v) is 13.8. The number of hydrogen-bond donors (Lipinski definition) is 1. The summed E-state index contributed by atoms with van der Waals surface area (Å²) in [5.74, 6) is -0.479. The molecule has 3 rings (SSSR count). The molecule has 1 amide bonds. The molecule has 2 heterocycles. The SMILES string of the molecule is Cc1nn(-c2ccc(F)cc2)c(Cl)c1C(=O)N(C)[C@@H]1CCNC1. The number of carbonyl (C=O) groups is 1. The van der Waals surface area contributed by atoms with Crippen LogP contribution < -0.4 is 5.32 Å². The number of hydrogen-bond acceptors (Lipinski definition) is 3. The molecule has 1 atom stereocenters. The second-order valence-electron chi connectivity index (χ2n) is 5.70. The quantitative estimate of drug-likeness (QED) is 0.936. The van der Waals surface area contributed by atoms with E-state index in [-0.39, 0.29) is 22.9 Å². The Morgan fingerprint density at radius 2 is 2.13 bits per heavy atom. The summed E-state index contributed by atoms with van der Waals surface area (Å²) in [7, 11) is 1.78. The van der Waals surface area contributed by atoms with Gasteiger partial charge in [0.2, 0.25) is 0 Å². The lowest BCUT2D eigenvalue weighted by Gasteiger charge is -2.23. The highest BCUT2D eigenvalue weighted by molar-refractivity contribution is 6.33. The van der Waals surface area contributed by atoms with Crippen LogP contribution in [-0.2, 0) is 0 Å². The summed E-state index contributed by atoms with van der Waals surface area (Å²) in [6.07, 6.45) is 0.922. The fraction of sp³-hybridized carbons (Fsp3) is 0.375. The van der Waals surface area contributed by atoms with Crippen molar-refractivity contribution in [2.24, 2.45) is 0 Å². The van der Waals surface area contributed by atoms with Gasteiger partial charge in [0.25, 0.3) is 5.91 Å². The van der Waals surface area contributed by atoms with Crippen LogP contribution in [0.4, 0.5) is 4.39 Å². The predicted octanol–water partition coefficient (Wildman–Crippen LogP) is 2.41. The first-order valence-corrected chi connectivity index (χ1v) is 7.85. The second kappa shape index (κ2) is 6.29. The molecular weight excluding hydrogens is 319 g/mol. The highest BCUT2D eigenvalue weighted by Gasteiger charge is 2.29. The molecule has 1 N–H and O–H groups in total. The summed E-state index contributed by atoms with van der Waals surface area (Å²) in [6.45, 7) is 3.44. The van der Waals surface area contributed by atoms with E-state index in [4.69, 9.17) is 11.6 Å². The number of likely N-dealkylation sites (N-methyl/N-ethyl adjacent to an activating group) is 1. The van der Waals surface area contributed by atoms with Crippen molar-refractivity contribution >= 4 is 17.5 Å². The van der Waals surface area contributed by atoms with Gasteiger partial charge in [0.15, 0.2) is 0 Å². The monoisotopic (exact) mass is 336 g/mol. The molecule has 2 aromatic rings. The van der Waals surface area contributed by atoms with Crippen LogP contribution in [0.5, 0.6) is 0 Å². The van der Waals surface area contributed by atoms with E-state index in [9.17, 15) is 9.18 Å². The number of carbonyl (C=O) groups excluding carboxylic acids is 1. The summed E-state index contributed by atoms with van der Waals surface area (Å²) in [6, 6.07) is 5.98. The predicted molar refractivity (Wildman–Crippen MR) is 86.6 cm³/mol. The van der Waals surface area contributed by atoms with Crippen LogP contribution >= 0.6 is 11.6 Å². The summed E-state index contributed by atoms with van der Waals surface area (Å²) < 4.78 is 14.5. The molecule has 122 valence electrons. The average molecular weight is 337 g/mol. The van der Waals surface area contributed by atoms with Gasteiger partial charge in [-0.3, -0.25) is 4.79 Å². The van der Waals surface area contributed by atoms with E-state index < -0.39 is 0 Å². The molecule has 1 aromatic carbocycles. The van der Waals surface area contributed by atoms with Crippen molar-refractivity contribution in [2.75, 3.05) is 20.1 Å². The zero-order valence-electron chi connectivity index (χ0n) is 13.0. The van der Waals surface area contributed by atoms with Crippen molar-refractivity contribution in [3.8, 4) is 5.69 Å². The van der Waals surface area contributed by atoms with Gasteiger partial charge in [0.1, 0.15) is 11.0 Å². The number of amides is 1. The number of aromatic nitrogens is 2. The van der Waals surface area contributed by atoms with Gasteiger partial charge in [-0.2, -0.15) is 5.10 Å². The fourth-order valence-corrected chi connectivity index (χ4v) is 3.16. The Kier molecular flexibility index (Phi) is 4.37. The van der Waals surface area contributed by atoms with Gasteiger partial charge < -0.3 is 10.2 Å². The Morgan fingerprint density at radius 3 is 2.74 bits per heavy atom. The van der Waals surface area contributed by atoms with Crippen LogP contribution in [0.15, 0.2) is 24.3 Å². The van der Waals surface area contributed by atoms with Crippen molar-refractivity contribution < 1.29 is 9.18 Å². The van der Waals surface area contributed by atoms with E-state index in [0.29, 0.717) is 16.9 Å². The minimum atomic E-state index is -0.335. The summed E-state index contributed by atoms with van der Waals surface area (Å²) in [5.41, 5.74) is 1.57. The maximum atomic E-state index is 13.1. The van der Waals surface area contributed by atoms with Crippen molar-refractivity contribution in [3.63, 3.8) is 0 Å². The number of rotatable bonds is 3. The maximum Gasteiger partial charge on any atom is 0.258 e. The molecule has 0 bridgehead atoms. The van der Waals surface area contributed by atoms with E-state index in [0.717, 1.165) is 19.5 Å². The van der Waals surface area contributed by atoms with E-state index in [1.165, 1.54) is 16.8 Å². The maximum absolute atomic E-state index is 13.1. The van der Waals surface area contributed by atoms with E-state index in [1.54, 1.807) is 31.0 Å². The van der Waals surface area contributed by atoms with Crippen molar-refractivity contribution in [3.05, 3.63) is 46.5 Å². The number of aryl methyl sites for hydroxylation is 1. The molecule has 1 aliphatic rings. The second-order valence-corrected chi connectivity index (χ2v) is 6.06. The first kappa shape index (κ1) is 16.0. The standard InChI is InChI=1S/C16H18ClFN4O/c1-10-14(16(23)21(2)13-7-8-19-9-13)15(17)22(20-10)12-5-3-11(18)4-6-12/h3-6,13,19H,7-9H2,1-2H3/t13-/m1/s1. The molecule has 5 nitrogen and oxygen atoms in total. The highest BCUT2D eigenvalue weighted by Crippen LogP contribution is 2.25. The summed E-state index contributed by atoms with van der Waals surface area (Å²) >= 11 is 6.39. The van der Waals surface area contributed by atoms with Crippen LogP contribution in [0, 0.1) is 12.7 Å². The molecule has 0 radical (unpaired) electrons. The van der Waals surface area contributed by atoms with Crippen molar-refractivity contribution in [1.29, 1.82) is 0 Å². The van der Waals surface area contributed by atoms with Crippen LogP contribution in [0.2, 0.25) is 5.15 Å². The molecule has 1 aliphatic heterocycles. The average Bonchev–Trinajstić information content (AvgIpc) is 3.15. The zero-order chi connectivity index (χ0) is 16.6. The summed E-state index contributed by atoms with van der Waals surface area (Å²) in [4.78, 5) is 14.5. The summed E-state index contributed by atoms with van der Waals surface area (Å²) in [5, 5.41) is 7.83. The van der Waals surface area contributed by atoms with Crippen molar-refractivity contribution in [1.82, 2.24) is 20.0 Å². The molecular formula is C16H18ClFN4O. The van der Waals surface area contributed by atoms with Gasteiger partial charge in [0.05, 0.1) is 16.9 Å². The smallest absolute Gasteiger partial charge is 0.258 e. The molecule has 1 saturated heterocycles. The van der Waals surface area contributed by atoms with E-state index in [1.807, 2.05) is 0 Å². The lowest BCUT2D eigenvalue weighted by atomic mass is 10.2. The fourth-order valence-electron chi connectivity index (χ4n) is 2.81. The lowest BCUT2D eigenvalue weighted by molar-refractivity contribution is 0.0743. The molecule has 0 unspecified atom stereocenters. The van der Waals surface area contributed by atoms with E-state index in [2.05, 4.69) is 10.4 Å². The minimum Gasteiger partial charge on any atom is -0.337 e. The van der Waals surface area contributed by atoms with E-state index >= 15 is 0 Å². The van der Waals surface area contributed by atoms with Gasteiger partial charge in [-0.15, -0.1) is 0 Å². The molecule has 1 fully saturated rings. The third kappa shape index (κ3) is 2.96.